The van der Waals surface area contributed by atoms with E-state index in [4.69, 9.17) is 0 Å². The van der Waals surface area contributed by atoms with E-state index in [1.807, 2.05) is 6.07 Å². The van der Waals surface area contributed by atoms with E-state index in [-0.39, 0.29) is 11.6 Å². The van der Waals surface area contributed by atoms with Gasteiger partial charge in [0.15, 0.2) is 0 Å². The highest BCUT2D eigenvalue weighted by Crippen LogP contribution is 2.33. The highest BCUT2D eigenvalue weighted by molar-refractivity contribution is 5.67. The number of hydrogen-bond acceptors (Lipinski definition) is 1. The van der Waals surface area contributed by atoms with E-state index >= 15 is 4.39 Å². The maximum Gasteiger partial charge on any atom is 0.573 e. The predicted molar refractivity (Wildman–Crippen MR) is 103 cm³/mol. The summed E-state index contributed by atoms with van der Waals surface area (Å²) in [5, 5.41) is 0. The standard InChI is InChI=1S/C23H24F4O/c1-2-3-4-5-6-16-7-13-21-18(15-16)10-14-20(22(21)24)17-8-11-19(12-9-17)28-23(25,26)27/h7-12,14H,2-6,13,15H2,1H3. The molecule has 0 atom stereocenters. The first-order valence-electron chi connectivity index (χ1n) is 9.71. The van der Waals surface area contributed by atoms with E-state index in [1.165, 1.54) is 55.5 Å². The van der Waals surface area contributed by atoms with Crippen LogP contribution in [0, 0.1) is 5.82 Å². The summed E-state index contributed by atoms with van der Waals surface area (Å²) < 4.78 is 55.8. The number of rotatable bonds is 7. The van der Waals surface area contributed by atoms with Crippen molar-refractivity contribution in [2.45, 2.75) is 58.2 Å². The van der Waals surface area contributed by atoms with Gasteiger partial charge in [-0.2, -0.15) is 0 Å². The number of allylic oxidation sites excluding steroid dienone is 2. The topological polar surface area (TPSA) is 9.23 Å². The van der Waals surface area contributed by atoms with Gasteiger partial charge in [0.1, 0.15) is 11.6 Å². The van der Waals surface area contributed by atoms with Crippen molar-refractivity contribution in [2.75, 3.05) is 0 Å². The van der Waals surface area contributed by atoms with E-state index in [2.05, 4.69) is 17.7 Å². The Morgan fingerprint density at radius 1 is 0.964 bits per heavy atom. The molecule has 0 N–H and O–H groups in total. The Kier molecular flexibility index (Phi) is 6.42. The summed E-state index contributed by atoms with van der Waals surface area (Å²) in [6.45, 7) is 2.19. The van der Waals surface area contributed by atoms with Gasteiger partial charge in [-0.3, -0.25) is 0 Å². The van der Waals surface area contributed by atoms with Crippen LogP contribution < -0.4 is 4.74 Å². The van der Waals surface area contributed by atoms with Crippen molar-refractivity contribution in [3.05, 3.63) is 65.0 Å². The van der Waals surface area contributed by atoms with Crippen molar-refractivity contribution >= 4 is 0 Å². The summed E-state index contributed by atoms with van der Waals surface area (Å²) in [5.74, 6) is -0.603. The molecule has 2 aromatic carbocycles. The van der Waals surface area contributed by atoms with Crippen molar-refractivity contribution in [3.8, 4) is 16.9 Å². The molecule has 0 radical (unpaired) electrons. The first-order valence-corrected chi connectivity index (χ1v) is 9.71. The lowest BCUT2D eigenvalue weighted by Gasteiger charge is -2.20. The van der Waals surface area contributed by atoms with E-state index in [9.17, 15) is 13.2 Å². The zero-order valence-corrected chi connectivity index (χ0v) is 15.9. The van der Waals surface area contributed by atoms with Gasteiger partial charge in [-0.05, 0) is 54.5 Å². The second-order valence-corrected chi connectivity index (χ2v) is 7.19. The molecule has 0 spiro atoms. The Bertz CT molecular complexity index is 835. The normalized spacial score (nSPS) is 13.8. The number of ether oxygens (including phenoxy) is 1. The smallest absolute Gasteiger partial charge is 0.406 e. The maximum absolute atomic E-state index is 15.1. The van der Waals surface area contributed by atoms with Crippen LogP contribution in [0.4, 0.5) is 17.6 Å². The fourth-order valence-electron chi connectivity index (χ4n) is 3.64. The molecule has 150 valence electrons. The third-order valence-corrected chi connectivity index (χ3v) is 5.10. The van der Waals surface area contributed by atoms with E-state index in [0.29, 0.717) is 23.1 Å². The molecule has 2 aromatic rings. The lowest BCUT2D eigenvalue weighted by Crippen LogP contribution is -2.16. The van der Waals surface area contributed by atoms with Crippen LogP contribution in [0.25, 0.3) is 11.1 Å². The highest BCUT2D eigenvalue weighted by atomic mass is 19.4. The van der Waals surface area contributed by atoms with Crippen molar-refractivity contribution in [1.29, 1.82) is 0 Å². The number of hydrogen-bond donors (Lipinski definition) is 0. The van der Waals surface area contributed by atoms with Gasteiger partial charge >= 0.3 is 6.36 Å². The Balaban J connectivity index is 1.73. The zero-order valence-electron chi connectivity index (χ0n) is 15.9. The van der Waals surface area contributed by atoms with Gasteiger partial charge in [-0.1, -0.05) is 62.1 Å². The number of benzene rings is 2. The molecule has 0 saturated heterocycles. The monoisotopic (exact) mass is 392 g/mol. The van der Waals surface area contributed by atoms with Crippen LogP contribution in [0.3, 0.4) is 0 Å². The molecule has 0 amide bonds. The van der Waals surface area contributed by atoms with Crippen molar-refractivity contribution in [1.82, 2.24) is 0 Å². The first-order chi connectivity index (χ1) is 13.4. The fourth-order valence-corrected chi connectivity index (χ4v) is 3.64. The summed E-state index contributed by atoms with van der Waals surface area (Å²) in [6.07, 6.45) is 4.63. The largest absolute Gasteiger partial charge is 0.573 e. The molecule has 0 bridgehead atoms. The Labute approximate surface area is 163 Å². The SMILES string of the molecule is CCCCCCC1=CCc2c(ccc(-c3ccc(OC(F)(F)F)cc3)c2F)C1. The zero-order chi connectivity index (χ0) is 20.1. The molecule has 1 aliphatic carbocycles. The summed E-state index contributed by atoms with van der Waals surface area (Å²) in [4.78, 5) is 0. The predicted octanol–water partition coefficient (Wildman–Crippen LogP) is 7.39. The lowest BCUT2D eigenvalue weighted by molar-refractivity contribution is -0.274. The van der Waals surface area contributed by atoms with Gasteiger partial charge in [0, 0.05) is 5.56 Å². The summed E-state index contributed by atoms with van der Waals surface area (Å²) >= 11 is 0. The summed E-state index contributed by atoms with van der Waals surface area (Å²) in [7, 11) is 0. The minimum absolute atomic E-state index is 0.289. The van der Waals surface area contributed by atoms with E-state index < -0.39 is 6.36 Å². The Morgan fingerprint density at radius 3 is 2.39 bits per heavy atom. The van der Waals surface area contributed by atoms with Gasteiger partial charge in [-0.15, -0.1) is 13.2 Å². The van der Waals surface area contributed by atoms with Crippen molar-refractivity contribution in [3.63, 3.8) is 0 Å². The third kappa shape index (κ3) is 5.15. The molecule has 0 aromatic heterocycles. The van der Waals surface area contributed by atoms with Gasteiger partial charge in [0.2, 0.25) is 0 Å². The second-order valence-electron chi connectivity index (χ2n) is 7.19. The van der Waals surface area contributed by atoms with Gasteiger partial charge in [0.05, 0.1) is 0 Å². The van der Waals surface area contributed by atoms with Gasteiger partial charge in [-0.25, -0.2) is 4.39 Å². The number of fused-ring (bicyclic) bond motifs is 1. The quantitative estimate of drug-likeness (QED) is 0.271. The minimum Gasteiger partial charge on any atom is -0.406 e. The summed E-state index contributed by atoms with van der Waals surface area (Å²) in [5.41, 5.74) is 3.99. The number of halogens is 4. The van der Waals surface area contributed by atoms with Gasteiger partial charge in [0.25, 0.3) is 0 Å². The van der Waals surface area contributed by atoms with Crippen LogP contribution in [0.5, 0.6) is 5.75 Å². The molecule has 1 nitrogen and oxygen atoms in total. The van der Waals surface area contributed by atoms with Crippen LogP contribution in [0.2, 0.25) is 0 Å². The molecule has 0 heterocycles. The number of unbranched alkanes of at least 4 members (excludes halogenated alkanes) is 3. The molecule has 28 heavy (non-hydrogen) atoms. The molecule has 0 unspecified atom stereocenters. The highest BCUT2D eigenvalue weighted by Gasteiger charge is 2.31. The molecule has 3 rings (SSSR count). The average molecular weight is 392 g/mol. The fraction of sp³-hybridized carbons (Fsp3) is 0.391. The molecule has 1 aliphatic rings. The minimum atomic E-state index is -4.74. The maximum atomic E-state index is 15.1. The molecule has 0 aliphatic heterocycles. The molecule has 0 saturated carbocycles. The first kappa shape index (κ1) is 20.4. The molecule has 0 fully saturated rings. The van der Waals surface area contributed by atoms with E-state index in [0.717, 1.165) is 18.4 Å². The van der Waals surface area contributed by atoms with Crippen LogP contribution in [0.15, 0.2) is 48.0 Å². The van der Waals surface area contributed by atoms with E-state index in [1.54, 1.807) is 6.07 Å². The van der Waals surface area contributed by atoms with Crippen LogP contribution >= 0.6 is 0 Å². The number of alkyl halides is 3. The van der Waals surface area contributed by atoms with Crippen LogP contribution in [-0.2, 0) is 12.8 Å². The summed E-state index contributed by atoms with van der Waals surface area (Å²) in [6, 6.07) is 8.96. The van der Waals surface area contributed by atoms with Crippen LogP contribution in [-0.4, -0.2) is 6.36 Å². The Morgan fingerprint density at radius 2 is 1.71 bits per heavy atom. The van der Waals surface area contributed by atoms with Crippen molar-refractivity contribution < 1.29 is 22.3 Å². The van der Waals surface area contributed by atoms with Crippen molar-refractivity contribution in [2.24, 2.45) is 0 Å². The molecule has 5 heteroatoms. The second kappa shape index (κ2) is 8.80. The van der Waals surface area contributed by atoms with Gasteiger partial charge < -0.3 is 4.74 Å². The van der Waals surface area contributed by atoms with Crippen LogP contribution in [0.1, 0.15) is 50.2 Å². The Hall–Kier alpha value is -2.30. The molecular weight excluding hydrogens is 368 g/mol. The third-order valence-electron chi connectivity index (χ3n) is 5.10. The average Bonchev–Trinajstić information content (AvgIpc) is 2.65. The lowest BCUT2D eigenvalue weighted by atomic mass is 9.86. The molecular formula is C23H24F4O.